The number of aromatic amines is 1. The van der Waals surface area contributed by atoms with Crippen LogP contribution in [0.3, 0.4) is 0 Å². The summed E-state index contributed by atoms with van der Waals surface area (Å²) in [6.07, 6.45) is 5.63. The van der Waals surface area contributed by atoms with E-state index in [-0.39, 0.29) is 17.6 Å². The van der Waals surface area contributed by atoms with Crippen molar-refractivity contribution in [2.45, 2.75) is 26.3 Å². The van der Waals surface area contributed by atoms with E-state index in [0.717, 1.165) is 33.7 Å². The van der Waals surface area contributed by atoms with E-state index in [4.69, 9.17) is 0 Å². The summed E-state index contributed by atoms with van der Waals surface area (Å²) >= 11 is 0. The molecule has 1 aromatic carbocycles. The van der Waals surface area contributed by atoms with E-state index in [9.17, 15) is 4.79 Å². The molecular weight excluding hydrogens is 390 g/mol. The largest absolute Gasteiger partial charge is 0.363 e. The summed E-state index contributed by atoms with van der Waals surface area (Å²) in [5.74, 6) is 1.14. The SMILES string of the molecule is Cc1cnc(C(=O)N[C@@H](Cc2c[nH]c3ccccc23)c2cc(N(C)C)nc(C)n2)cn1. The third-order valence-corrected chi connectivity index (χ3v) is 5.08. The number of aromatic nitrogens is 5. The van der Waals surface area contributed by atoms with Crippen LogP contribution in [0.2, 0.25) is 0 Å². The molecule has 31 heavy (non-hydrogen) atoms. The van der Waals surface area contributed by atoms with Crippen LogP contribution in [0.1, 0.15) is 39.3 Å². The molecular formula is C23H25N7O. The minimum absolute atomic E-state index is 0.271. The lowest BCUT2D eigenvalue weighted by molar-refractivity contribution is 0.0930. The molecule has 0 saturated carbocycles. The molecule has 0 aliphatic rings. The lowest BCUT2D eigenvalue weighted by Gasteiger charge is -2.20. The van der Waals surface area contributed by atoms with Gasteiger partial charge in [0.1, 0.15) is 17.3 Å². The zero-order valence-corrected chi connectivity index (χ0v) is 18.0. The number of para-hydroxylation sites is 1. The number of anilines is 1. The molecule has 0 aliphatic carbocycles. The Morgan fingerprint density at radius 3 is 2.68 bits per heavy atom. The molecule has 0 bridgehead atoms. The van der Waals surface area contributed by atoms with Crippen molar-refractivity contribution in [3.05, 3.63) is 77.4 Å². The third-order valence-electron chi connectivity index (χ3n) is 5.08. The van der Waals surface area contributed by atoms with Crippen molar-refractivity contribution in [3.63, 3.8) is 0 Å². The van der Waals surface area contributed by atoms with Crippen molar-refractivity contribution in [2.75, 3.05) is 19.0 Å². The molecule has 1 atom stereocenters. The van der Waals surface area contributed by atoms with Crippen LogP contribution < -0.4 is 10.2 Å². The summed E-state index contributed by atoms with van der Waals surface area (Å²) in [5, 5.41) is 4.22. The number of hydrogen-bond acceptors (Lipinski definition) is 6. The predicted molar refractivity (Wildman–Crippen MR) is 120 cm³/mol. The van der Waals surface area contributed by atoms with E-state index in [2.05, 4.69) is 36.3 Å². The average Bonchev–Trinajstić information content (AvgIpc) is 3.16. The van der Waals surface area contributed by atoms with Crippen LogP contribution in [0, 0.1) is 13.8 Å². The molecule has 4 aromatic rings. The number of rotatable bonds is 6. The standard InChI is InChI=1S/C23H25N7O/c1-14-11-25-21(13-24-14)23(31)29-19(20-10-22(30(3)4)28-15(2)27-20)9-16-12-26-18-8-6-5-7-17(16)18/h5-8,10-13,19,26H,9H2,1-4H3,(H,29,31)/t19-/m0/s1. The molecule has 0 fully saturated rings. The maximum atomic E-state index is 13.0. The molecule has 0 saturated heterocycles. The first-order valence-electron chi connectivity index (χ1n) is 10.1. The number of nitrogens with zero attached hydrogens (tertiary/aromatic N) is 5. The minimum Gasteiger partial charge on any atom is -0.363 e. The zero-order chi connectivity index (χ0) is 22.0. The highest BCUT2D eigenvalue weighted by Crippen LogP contribution is 2.25. The van der Waals surface area contributed by atoms with Crippen LogP contribution in [-0.4, -0.2) is 44.9 Å². The van der Waals surface area contributed by atoms with Gasteiger partial charge in [-0.2, -0.15) is 0 Å². The summed E-state index contributed by atoms with van der Waals surface area (Å²) < 4.78 is 0. The maximum Gasteiger partial charge on any atom is 0.272 e. The summed E-state index contributed by atoms with van der Waals surface area (Å²) in [7, 11) is 3.86. The zero-order valence-electron chi connectivity index (χ0n) is 18.0. The Kier molecular flexibility index (Phi) is 5.62. The number of amides is 1. The Morgan fingerprint density at radius 1 is 1.13 bits per heavy atom. The quantitative estimate of drug-likeness (QED) is 0.502. The van der Waals surface area contributed by atoms with Gasteiger partial charge in [0.05, 0.1) is 23.6 Å². The first-order chi connectivity index (χ1) is 14.9. The van der Waals surface area contributed by atoms with Gasteiger partial charge in [0, 0.05) is 49.9 Å². The summed E-state index contributed by atoms with van der Waals surface area (Å²) in [4.78, 5) is 35.7. The first kappa shape index (κ1) is 20.5. The van der Waals surface area contributed by atoms with E-state index in [1.165, 1.54) is 6.20 Å². The lowest BCUT2D eigenvalue weighted by atomic mass is 10.0. The van der Waals surface area contributed by atoms with Crippen molar-refractivity contribution in [3.8, 4) is 0 Å². The van der Waals surface area contributed by atoms with Gasteiger partial charge in [0.25, 0.3) is 5.91 Å². The number of aryl methyl sites for hydroxylation is 2. The fourth-order valence-corrected chi connectivity index (χ4v) is 3.47. The average molecular weight is 416 g/mol. The first-order valence-corrected chi connectivity index (χ1v) is 10.1. The number of carbonyl (C=O) groups is 1. The van der Waals surface area contributed by atoms with Crippen molar-refractivity contribution in [2.24, 2.45) is 0 Å². The molecule has 2 N–H and O–H groups in total. The second kappa shape index (κ2) is 8.51. The van der Waals surface area contributed by atoms with Crippen molar-refractivity contribution in [1.82, 2.24) is 30.2 Å². The second-order valence-corrected chi connectivity index (χ2v) is 7.73. The summed E-state index contributed by atoms with van der Waals surface area (Å²) in [5.41, 5.74) is 3.93. The highest BCUT2D eigenvalue weighted by atomic mass is 16.1. The van der Waals surface area contributed by atoms with Gasteiger partial charge in [-0.1, -0.05) is 18.2 Å². The normalized spacial score (nSPS) is 12.0. The fourth-order valence-electron chi connectivity index (χ4n) is 3.47. The third kappa shape index (κ3) is 4.53. The van der Waals surface area contributed by atoms with Crippen LogP contribution >= 0.6 is 0 Å². The fraction of sp³-hybridized carbons (Fsp3) is 0.261. The van der Waals surface area contributed by atoms with Gasteiger partial charge in [-0.25, -0.2) is 15.0 Å². The second-order valence-electron chi connectivity index (χ2n) is 7.73. The molecule has 8 heteroatoms. The highest BCUT2D eigenvalue weighted by molar-refractivity contribution is 5.92. The van der Waals surface area contributed by atoms with Gasteiger partial charge < -0.3 is 15.2 Å². The van der Waals surface area contributed by atoms with Crippen molar-refractivity contribution in [1.29, 1.82) is 0 Å². The minimum atomic E-state index is -0.366. The van der Waals surface area contributed by atoms with Gasteiger partial charge in [0.15, 0.2) is 0 Å². The molecule has 0 aliphatic heterocycles. The van der Waals surface area contributed by atoms with E-state index in [1.54, 1.807) is 6.20 Å². The van der Waals surface area contributed by atoms with E-state index in [0.29, 0.717) is 12.2 Å². The summed E-state index contributed by atoms with van der Waals surface area (Å²) in [6, 6.07) is 9.65. The lowest BCUT2D eigenvalue weighted by Crippen LogP contribution is -2.31. The molecule has 0 unspecified atom stereocenters. The molecule has 158 valence electrons. The van der Waals surface area contributed by atoms with Crippen molar-refractivity contribution < 1.29 is 4.79 Å². The van der Waals surface area contributed by atoms with Crippen molar-refractivity contribution >= 4 is 22.6 Å². The number of carbonyl (C=O) groups excluding carboxylic acids is 1. The Balaban J connectivity index is 1.71. The molecule has 8 nitrogen and oxygen atoms in total. The van der Waals surface area contributed by atoms with Crippen LogP contribution in [0.4, 0.5) is 5.82 Å². The monoisotopic (exact) mass is 415 g/mol. The van der Waals surface area contributed by atoms with Gasteiger partial charge >= 0.3 is 0 Å². The number of H-pyrrole nitrogens is 1. The Morgan fingerprint density at radius 2 is 1.94 bits per heavy atom. The van der Waals surface area contributed by atoms with Gasteiger partial charge in [0.2, 0.25) is 0 Å². The van der Waals surface area contributed by atoms with E-state index < -0.39 is 0 Å². The number of benzene rings is 1. The van der Waals surface area contributed by atoms with E-state index in [1.807, 2.05) is 63.3 Å². The van der Waals surface area contributed by atoms with Gasteiger partial charge in [-0.15, -0.1) is 0 Å². The molecule has 0 radical (unpaired) electrons. The molecule has 1 amide bonds. The van der Waals surface area contributed by atoms with Gasteiger partial charge in [-0.3, -0.25) is 9.78 Å². The Hall–Kier alpha value is -3.81. The maximum absolute atomic E-state index is 13.0. The Labute approximate surface area is 180 Å². The van der Waals surface area contributed by atoms with Gasteiger partial charge in [-0.05, 0) is 25.5 Å². The molecule has 4 rings (SSSR count). The predicted octanol–water partition coefficient (Wildman–Crippen LogP) is 3.14. The van der Waals surface area contributed by atoms with E-state index >= 15 is 0 Å². The van der Waals surface area contributed by atoms with Crippen LogP contribution in [0.15, 0.2) is 48.9 Å². The summed E-state index contributed by atoms with van der Waals surface area (Å²) in [6.45, 7) is 3.69. The number of nitrogens with one attached hydrogen (secondary N) is 2. The Bertz CT molecular complexity index is 1210. The van der Waals surface area contributed by atoms with Crippen LogP contribution in [0.5, 0.6) is 0 Å². The highest BCUT2D eigenvalue weighted by Gasteiger charge is 2.22. The molecule has 3 aromatic heterocycles. The number of hydrogen-bond donors (Lipinski definition) is 2. The smallest absolute Gasteiger partial charge is 0.272 e. The van der Waals surface area contributed by atoms with Crippen LogP contribution in [0.25, 0.3) is 10.9 Å². The molecule has 0 spiro atoms. The molecule has 3 heterocycles. The van der Waals surface area contributed by atoms with Crippen LogP contribution in [-0.2, 0) is 6.42 Å². The topological polar surface area (TPSA) is 99.7 Å². The number of fused-ring (bicyclic) bond motifs is 1.